The standard InChI is InChI=1S/C16H10N10O/c17-4-7-10(19)9-12(6-2-1-3-8-11(6)24-16(27)22-8)23-15(21-5-18)26-14(9)25-13(7)20/h1-3,12H,(H6,19,20,21,23,25,26). The molecular weight excluding hydrogens is 348 g/mol. The molecule has 130 valence electrons. The number of guanidine groups is 1. The minimum Gasteiger partial charge on any atom is -0.397 e. The van der Waals surface area contributed by atoms with E-state index in [1.807, 2.05) is 6.07 Å². The highest BCUT2D eigenvalue weighted by atomic mass is 16.2. The smallest absolute Gasteiger partial charge is 0.368 e. The van der Waals surface area contributed by atoms with Gasteiger partial charge in [-0.05, 0) is 6.07 Å². The summed E-state index contributed by atoms with van der Waals surface area (Å²) in [4.78, 5) is 28.0. The molecule has 0 fully saturated rings. The predicted molar refractivity (Wildman–Crippen MR) is 93.6 cm³/mol. The molecule has 2 aromatic rings. The molecule has 27 heavy (non-hydrogen) atoms. The number of anilines is 3. The number of nitrogen functional groups attached to an aromatic ring is 2. The minimum atomic E-state index is -0.780. The molecule has 11 nitrogen and oxygen atoms in total. The van der Waals surface area contributed by atoms with Gasteiger partial charge in [0, 0.05) is 11.1 Å². The van der Waals surface area contributed by atoms with Crippen molar-refractivity contribution in [3.05, 3.63) is 45.6 Å². The van der Waals surface area contributed by atoms with E-state index in [9.17, 15) is 10.1 Å². The highest BCUT2D eigenvalue weighted by molar-refractivity contribution is 5.98. The van der Waals surface area contributed by atoms with Crippen LogP contribution in [0.3, 0.4) is 0 Å². The Hall–Kier alpha value is -4.51. The summed E-state index contributed by atoms with van der Waals surface area (Å²) >= 11 is 0. The van der Waals surface area contributed by atoms with Gasteiger partial charge >= 0.3 is 6.03 Å². The molecule has 2 aliphatic rings. The Morgan fingerprint density at radius 2 is 2.04 bits per heavy atom. The number of urea groups is 1. The zero-order valence-corrected chi connectivity index (χ0v) is 13.6. The van der Waals surface area contributed by atoms with Gasteiger partial charge in [-0.25, -0.2) is 14.8 Å². The highest BCUT2D eigenvalue weighted by Crippen LogP contribution is 2.39. The average molecular weight is 358 g/mol. The lowest BCUT2D eigenvalue weighted by Gasteiger charge is -2.26. The van der Waals surface area contributed by atoms with Crippen LogP contribution < -0.4 is 32.8 Å². The van der Waals surface area contributed by atoms with Gasteiger partial charge in [0.05, 0.1) is 11.0 Å². The maximum absolute atomic E-state index is 11.6. The number of fused-ring (bicyclic) bond motifs is 2. The number of amides is 2. The molecule has 1 aromatic heterocycles. The third-order valence-electron chi connectivity index (χ3n) is 4.12. The van der Waals surface area contributed by atoms with Gasteiger partial charge in [0.2, 0.25) is 5.96 Å². The Balaban J connectivity index is 2.03. The number of nitrogens with one attached hydrogen (secondary N) is 2. The number of rotatable bonds is 1. The number of carbonyl (C=O) groups excluding carboxylic acids is 1. The first kappa shape index (κ1) is 16.0. The number of benzene rings is 1. The van der Waals surface area contributed by atoms with E-state index in [0.717, 1.165) is 0 Å². The van der Waals surface area contributed by atoms with E-state index < -0.39 is 12.1 Å². The third-order valence-corrected chi connectivity index (χ3v) is 4.12. The van der Waals surface area contributed by atoms with Crippen molar-refractivity contribution in [2.75, 3.05) is 16.8 Å². The molecule has 0 radical (unpaired) electrons. The van der Waals surface area contributed by atoms with E-state index >= 15 is 0 Å². The molecule has 1 aromatic carbocycles. The van der Waals surface area contributed by atoms with Crippen molar-refractivity contribution in [1.82, 2.24) is 10.3 Å². The van der Waals surface area contributed by atoms with Crippen LogP contribution in [0.2, 0.25) is 0 Å². The lowest BCUT2D eigenvalue weighted by Crippen LogP contribution is -2.35. The van der Waals surface area contributed by atoms with Crippen LogP contribution in [0.1, 0.15) is 22.7 Å². The molecule has 4 rings (SSSR count). The quantitative estimate of drug-likeness (QED) is 0.384. The Labute approximate surface area is 151 Å². The van der Waals surface area contributed by atoms with Crippen molar-refractivity contribution < 1.29 is 4.79 Å². The van der Waals surface area contributed by atoms with Gasteiger partial charge < -0.3 is 16.8 Å². The van der Waals surface area contributed by atoms with Crippen LogP contribution >= 0.6 is 0 Å². The van der Waals surface area contributed by atoms with Crippen molar-refractivity contribution >= 4 is 29.3 Å². The molecule has 2 aliphatic heterocycles. The lowest BCUT2D eigenvalue weighted by molar-refractivity contribution is 0.256. The normalized spacial score (nSPS) is 16.4. The molecule has 0 saturated carbocycles. The number of aliphatic imine (C=N–C) groups is 1. The molecule has 1 atom stereocenters. The first-order valence-electron chi connectivity index (χ1n) is 7.62. The molecule has 0 saturated heterocycles. The van der Waals surface area contributed by atoms with Gasteiger partial charge in [0.25, 0.3) is 0 Å². The monoisotopic (exact) mass is 358 g/mol. The molecule has 0 spiro atoms. The number of para-hydroxylation sites is 1. The number of nitrogens with zero attached hydrogens (tertiary/aromatic N) is 6. The van der Waals surface area contributed by atoms with Crippen LogP contribution in [-0.2, 0) is 0 Å². The van der Waals surface area contributed by atoms with Gasteiger partial charge in [0.1, 0.15) is 34.7 Å². The number of nitriles is 2. The highest BCUT2D eigenvalue weighted by Gasteiger charge is 2.31. The second kappa shape index (κ2) is 5.79. The summed E-state index contributed by atoms with van der Waals surface area (Å²) < 4.78 is 0. The maximum atomic E-state index is 11.6. The Bertz CT molecular complexity index is 1250. The molecule has 11 heteroatoms. The van der Waals surface area contributed by atoms with Crippen molar-refractivity contribution in [2.24, 2.45) is 15.0 Å². The second-order valence-electron chi connectivity index (χ2n) is 5.62. The summed E-state index contributed by atoms with van der Waals surface area (Å²) in [5.41, 5.74) is 13.0. The fraction of sp³-hybridized carbons (Fsp3) is 0.0625. The lowest BCUT2D eigenvalue weighted by atomic mass is 9.94. The summed E-state index contributed by atoms with van der Waals surface area (Å²) in [6, 6.07) is 5.60. The average Bonchev–Trinajstić information content (AvgIpc) is 3.01. The molecule has 3 heterocycles. The SMILES string of the molecule is N#CNC1=NC(c2cccc3c2=NC(=O)N=3)c2c(nc(N)c(C#N)c2N)N1. The molecule has 0 aliphatic carbocycles. The second-order valence-corrected chi connectivity index (χ2v) is 5.62. The van der Waals surface area contributed by atoms with E-state index in [1.165, 1.54) is 0 Å². The fourth-order valence-corrected chi connectivity index (χ4v) is 3.01. The van der Waals surface area contributed by atoms with Crippen LogP contribution in [0.5, 0.6) is 0 Å². The number of pyridine rings is 1. The van der Waals surface area contributed by atoms with Crippen LogP contribution in [-0.4, -0.2) is 17.0 Å². The largest absolute Gasteiger partial charge is 0.397 e. The van der Waals surface area contributed by atoms with E-state index in [-0.39, 0.29) is 28.8 Å². The van der Waals surface area contributed by atoms with Crippen molar-refractivity contribution in [3.63, 3.8) is 0 Å². The number of carbonyl (C=O) groups is 1. The first-order valence-corrected chi connectivity index (χ1v) is 7.62. The van der Waals surface area contributed by atoms with Crippen LogP contribution in [0.25, 0.3) is 0 Å². The fourth-order valence-electron chi connectivity index (χ4n) is 3.01. The van der Waals surface area contributed by atoms with Gasteiger partial charge in [-0.1, -0.05) is 12.1 Å². The molecule has 1 unspecified atom stereocenters. The van der Waals surface area contributed by atoms with Crippen LogP contribution in [0.4, 0.5) is 22.1 Å². The van der Waals surface area contributed by atoms with Crippen molar-refractivity contribution in [1.29, 1.82) is 10.5 Å². The summed E-state index contributed by atoms with van der Waals surface area (Å²) in [6.45, 7) is 0. The molecular formula is C16H10N10O. The van der Waals surface area contributed by atoms with Crippen LogP contribution in [0.15, 0.2) is 33.2 Å². The zero-order valence-electron chi connectivity index (χ0n) is 13.6. The number of aromatic nitrogens is 1. The zero-order chi connectivity index (χ0) is 19.1. The van der Waals surface area contributed by atoms with Gasteiger partial charge in [-0.3, -0.25) is 5.32 Å². The van der Waals surface area contributed by atoms with Gasteiger partial charge in [-0.15, -0.1) is 0 Å². The maximum Gasteiger partial charge on any atom is 0.368 e. The van der Waals surface area contributed by atoms with E-state index in [1.54, 1.807) is 24.4 Å². The van der Waals surface area contributed by atoms with Crippen molar-refractivity contribution in [3.8, 4) is 12.3 Å². The van der Waals surface area contributed by atoms with E-state index in [4.69, 9.17) is 16.7 Å². The predicted octanol–water partition coefficient (Wildman–Crippen LogP) is -0.568. The summed E-state index contributed by atoms with van der Waals surface area (Å²) in [5.74, 6) is 0.317. The molecule has 2 amide bonds. The van der Waals surface area contributed by atoms with Gasteiger partial charge in [0.15, 0.2) is 6.19 Å². The minimum absolute atomic E-state index is 0.0257. The summed E-state index contributed by atoms with van der Waals surface area (Å²) in [5, 5.41) is 24.3. The van der Waals surface area contributed by atoms with Crippen LogP contribution in [0, 0.1) is 22.8 Å². The first-order chi connectivity index (χ1) is 13.0. The topological polar surface area (TPSA) is 191 Å². The summed E-state index contributed by atoms with van der Waals surface area (Å²) in [6.07, 6.45) is 1.77. The number of nitrogens with two attached hydrogens (primary N) is 2. The van der Waals surface area contributed by atoms with E-state index in [0.29, 0.717) is 21.8 Å². The van der Waals surface area contributed by atoms with E-state index in [2.05, 4.69) is 30.6 Å². The summed E-state index contributed by atoms with van der Waals surface area (Å²) in [7, 11) is 0. The Kier molecular flexibility index (Phi) is 3.43. The number of hydrogen-bond donors (Lipinski definition) is 4. The number of hydrogen-bond acceptors (Lipinski definition) is 9. The Morgan fingerprint density at radius 3 is 2.78 bits per heavy atom. The molecule has 0 bridgehead atoms. The third kappa shape index (κ3) is 2.39. The Morgan fingerprint density at radius 1 is 1.22 bits per heavy atom. The van der Waals surface area contributed by atoms with Crippen molar-refractivity contribution in [2.45, 2.75) is 6.04 Å². The molecule has 6 N–H and O–H groups in total. The van der Waals surface area contributed by atoms with Gasteiger partial charge in [-0.2, -0.15) is 20.5 Å².